The summed E-state index contributed by atoms with van der Waals surface area (Å²) >= 11 is 0. The molecule has 9 nitrogen and oxygen atoms in total. The largest absolute Gasteiger partial charge is 0.467 e. The van der Waals surface area contributed by atoms with Gasteiger partial charge in [0.2, 0.25) is 21.4 Å². The first-order valence-electron chi connectivity index (χ1n) is 6.67. The monoisotopic (exact) mass is 346 g/mol. The average Bonchev–Trinajstić information content (AvgIpc) is 3.26. The molecule has 3 aromatic rings. The Morgan fingerprint density at radius 2 is 1.88 bits per heavy atom. The Bertz CT molecular complexity index is 977. The number of carbonyl (C=O) groups excluding carboxylic acids is 2. The van der Waals surface area contributed by atoms with Gasteiger partial charge in [0.15, 0.2) is 0 Å². The van der Waals surface area contributed by atoms with Gasteiger partial charge in [0.1, 0.15) is 10.7 Å². The summed E-state index contributed by atoms with van der Waals surface area (Å²) in [5, 5.41) is 12.1. The molecule has 0 atom stereocenters. The van der Waals surface area contributed by atoms with Crippen LogP contribution in [0.5, 0.6) is 0 Å². The second-order valence-electron chi connectivity index (χ2n) is 4.69. The van der Waals surface area contributed by atoms with Crippen molar-refractivity contribution in [3.63, 3.8) is 0 Å². The molecule has 10 heteroatoms. The number of ketones is 2. The molecule has 0 aliphatic rings. The van der Waals surface area contributed by atoms with Crippen LogP contribution in [0.25, 0.3) is 0 Å². The normalized spacial score (nSPS) is 11.3. The van der Waals surface area contributed by atoms with Crippen LogP contribution in [-0.4, -0.2) is 40.6 Å². The quantitative estimate of drug-likeness (QED) is 0.507. The maximum absolute atomic E-state index is 12.6. The molecule has 0 radical (unpaired) electrons. The number of nitrogens with zero attached hydrogens (tertiary/aromatic N) is 3. The summed E-state index contributed by atoms with van der Waals surface area (Å²) < 4.78 is 30.3. The van der Waals surface area contributed by atoms with E-state index in [1.165, 1.54) is 18.2 Å². The lowest BCUT2D eigenvalue weighted by molar-refractivity contribution is -0.114. The summed E-state index contributed by atoms with van der Waals surface area (Å²) in [5.74, 6) is -2.40. The van der Waals surface area contributed by atoms with Gasteiger partial charge in [0.05, 0.1) is 17.6 Å². The number of furan rings is 1. The predicted molar refractivity (Wildman–Crippen MR) is 77.8 cm³/mol. The van der Waals surface area contributed by atoms with Crippen LogP contribution >= 0.6 is 0 Å². The summed E-state index contributed by atoms with van der Waals surface area (Å²) in [4.78, 5) is 23.7. The van der Waals surface area contributed by atoms with Gasteiger partial charge in [-0.2, -0.15) is 5.21 Å². The molecule has 0 fully saturated rings. The molecule has 24 heavy (non-hydrogen) atoms. The Labute approximate surface area is 135 Å². The van der Waals surface area contributed by atoms with E-state index in [4.69, 9.17) is 4.42 Å². The lowest BCUT2D eigenvalue weighted by Gasteiger charge is -2.04. The van der Waals surface area contributed by atoms with Gasteiger partial charge in [-0.25, -0.2) is 8.42 Å². The molecule has 0 amide bonds. The predicted octanol–water partition coefficient (Wildman–Crippen LogP) is 0.620. The van der Waals surface area contributed by atoms with E-state index in [1.807, 2.05) is 0 Å². The van der Waals surface area contributed by atoms with Crippen molar-refractivity contribution in [3.05, 3.63) is 54.2 Å². The highest BCUT2D eigenvalue weighted by molar-refractivity contribution is 7.91. The number of hydrogen-bond acceptors (Lipinski definition) is 8. The third-order valence-corrected chi connectivity index (χ3v) is 5.01. The van der Waals surface area contributed by atoms with Gasteiger partial charge in [-0.3, -0.25) is 9.59 Å². The minimum atomic E-state index is -3.86. The van der Waals surface area contributed by atoms with E-state index in [-0.39, 0.29) is 21.4 Å². The van der Waals surface area contributed by atoms with E-state index in [0.717, 1.165) is 6.26 Å². The zero-order chi connectivity index (χ0) is 17.2. The number of aromatic amines is 1. The molecular weight excluding hydrogens is 336 g/mol. The van der Waals surface area contributed by atoms with Crippen LogP contribution < -0.4 is 0 Å². The minimum absolute atomic E-state index is 0.0598. The summed E-state index contributed by atoms with van der Waals surface area (Å²) in [5.41, 5.74) is 0. The fourth-order valence-corrected chi connectivity index (χ4v) is 3.46. The van der Waals surface area contributed by atoms with E-state index in [9.17, 15) is 18.0 Å². The van der Waals surface area contributed by atoms with Crippen LogP contribution in [0.2, 0.25) is 0 Å². The van der Waals surface area contributed by atoms with Crippen molar-refractivity contribution in [1.29, 1.82) is 0 Å². The molecular formula is C14H10N4O5S. The van der Waals surface area contributed by atoms with Crippen LogP contribution in [0.15, 0.2) is 56.9 Å². The van der Waals surface area contributed by atoms with Crippen molar-refractivity contribution in [1.82, 2.24) is 20.6 Å². The number of tetrazole rings is 1. The Balaban J connectivity index is 1.89. The molecule has 2 heterocycles. The first-order chi connectivity index (χ1) is 11.5. The summed E-state index contributed by atoms with van der Waals surface area (Å²) in [6.07, 6.45) is 0.624. The number of sulfone groups is 1. The van der Waals surface area contributed by atoms with Crippen LogP contribution in [0, 0.1) is 0 Å². The van der Waals surface area contributed by atoms with Crippen molar-refractivity contribution in [3.8, 4) is 0 Å². The highest BCUT2D eigenvalue weighted by Crippen LogP contribution is 2.25. The zero-order valence-electron chi connectivity index (χ0n) is 12.0. The smallest absolute Gasteiger partial charge is 0.269 e. The van der Waals surface area contributed by atoms with Gasteiger partial charge in [0, 0.05) is 0 Å². The average molecular weight is 346 g/mol. The molecule has 0 saturated carbocycles. The standard InChI is InChI=1S/C14H10N4O5S/c19-10(13(20)14-15-17-18-16-14)8-11-12(6-7-23-11)24(21,22)9-4-2-1-3-5-9/h1-7H,8H2,(H,15,16,17,18). The van der Waals surface area contributed by atoms with Crippen LogP contribution in [-0.2, 0) is 21.1 Å². The van der Waals surface area contributed by atoms with E-state index in [1.54, 1.807) is 18.2 Å². The highest BCUT2D eigenvalue weighted by Gasteiger charge is 2.28. The Morgan fingerprint density at radius 3 is 2.54 bits per heavy atom. The third kappa shape index (κ3) is 2.86. The molecule has 3 rings (SSSR count). The summed E-state index contributed by atoms with van der Waals surface area (Å²) in [6.45, 7) is 0. The number of aromatic nitrogens is 4. The van der Waals surface area contributed by atoms with Gasteiger partial charge < -0.3 is 4.42 Å². The van der Waals surface area contributed by atoms with Crippen LogP contribution in [0.3, 0.4) is 0 Å². The summed E-state index contributed by atoms with van der Waals surface area (Å²) in [6, 6.07) is 8.94. The van der Waals surface area contributed by atoms with E-state index < -0.39 is 27.8 Å². The van der Waals surface area contributed by atoms with Gasteiger partial charge >= 0.3 is 0 Å². The van der Waals surface area contributed by atoms with E-state index >= 15 is 0 Å². The zero-order valence-corrected chi connectivity index (χ0v) is 12.9. The molecule has 0 spiro atoms. The second kappa shape index (κ2) is 6.16. The topological polar surface area (TPSA) is 136 Å². The molecule has 1 N–H and O–H groups in total. The second-order valence-corrected chi connectivity index (χ2v) is 6.61. The SMILES string of the molecule is O=C(Cc1occc1S(=O)(=O)c1ccccc1)C(=O)c1nn[nH]n1. The Hall–Kier alpha value is -3.14. The fourth-order valence-electron chi connectivity index (χ4n) is 2.03. The van der Waals surface area contributed by atoms with Crippen LogP contribution in [0.1, 0.15) is 16.4 Å². The molecule has 2 aromatic heterocycles. The molecule has 0 saturated heterocycles. The van der Waals surface area contributed by atoms with Crippen molar-refractivity contribution >= 4 is 21.4 Å². The fraction of sp³-hybridized carbons (Fsp3) is 0.0714. The number of Topliss-reactive ketones (excluding diaryl/α,β-unsaturated/α-hetero) is 2. The molecule has 0 unspecified atom stereocenters. The van der Waals surface area contributed by atoms with Gasteiger partial charge in [-0.1, -0.05) is 18.2 Å². The Morgan fingerprint density at radius 1 is 1.12 bits per heavy atom. The number of carbonyl (C=O) groups is 2. The highest BCUT2D eigenvalue weighted by atomic mass is 32.2. The summed E-state index contributed by atoms with van der Waals surface area (Å²) in [7, 11) is -3.86. The number of hydrogen-bond donors (Lipinski definition) is 1. The Kier molecular flexibility index (Phi) is 4.04. The lowest BCUT2D eigenvalue weighted by atomic mass is 10.1. The van der Waals surface area contributed by atoms with Crippen molar-refractivity contribution in [2.45, 2.75) is 16.2 Å². The first kappa shape index (κ1) is 15.7. The molecule has 0 aliphatic heterocycles. The molecule has 0 aliphatic carbocycles. The van der Waals surface area contributed by atoms with Gasteiger partial charge in [0.25, 0.3) is 5.78 Å². The number of benzene rings is 1. The maximum atomic E-state index is 12.6. The lowest BCUT2D eigenvalue weighted by Crippen LogP contribution is -2.19. The number of rotatable bonds is 6. The maximum Gasteiger partial charge on any atom is 0.269 e. The third-order valence-electron chi connectivity index (χ3n) is 3.17. The van der Waals surface area contributed by atoms with Crippen LogP contribution in [0.4, 0.5) is 0 Å². The minimum Gasteiger partial charge on any atom is -0.467 e. The molecule has 0 bridgehead atoms. The number of H-pyrrole nitrogens is 1. The number of nitrogens with one attached hydrogen (secondary N) is 1. The van der Waals surface area contributed by atoms with Crippen molar-refractivity contribution < 1.29 is 22.4 Å². The molecule has 122 valence electrons. The van der Waals surface area contributed by atoms with E-state index in [0.29, 0.717) is 0 Å². The van der Waals surface area contributed by atoms with E-state index in [2.05, 4.69) is 20.6 Å². The van der Waals surface area contributed by atoms with Crippen molar-refractivity contribution in [2.24, 2.45) is 0 Å². The molecule has 1 aromatic carbocycles. The first-order valence-corrected chi connectivity index (χ1v) is 8.16. The van der Waals surface area contributed by atoms with Gasteiger partial charge in [-0.15, -0.1) is 10.2 Å². The van der Waals surface area contributed by atoms with Crippen molar-refractivity contribution in [2.75, 3.05) is 0 Å². The van der Waals surface area contributed by atoms with Gasteiger partial charge in [-0.05, 0) is 23.4 Å².